The second-order valence-electron chi connectivity index (χ2n) is 6.79. The molecule has 2 fully saturated rings. The predicted molar refractivity (Wildman–Crippen MR) is 78.1 cm³/mol. The second-order valence-corrected chi connectivity index (χ2v) is 6.79. The lowest BCUT2D eigenvalue weighted by molar-refractivity contribution is -0.122. The van der Waals surface area contributed by atoms with Gasteiger partial charge in [0, 0.05) is 13.0 Å². The van der Waals surface area contributed by atoms with Gasteiger partial charge >= 0.3 is 0 Å². The predicted octanol–water partition coefficient (Wildman–Crippen LogP) is 1.22. The van der Waals surface area contributed by atoms with Gasteiger partial charge in [0.25, 0.3) is 0 Å². The lowest BCUT2D eigenvalue weighted by atomic mass is 9.80. The van der Waals surface area contributed by atoms with E-state index in [0.29, 0.717) is 11.3 Å². The summed E-state index contributed by atoms with van der Waals surface area (Å²) in [6.45, 7) is 7.61. The first kappa shape index (κ1) is 14.8. The van der Waals surface area contributed by atoms with Crippen LogP contribution < -0.4 is 10.6 Å². The molecule has 0 atom stereocenters. The van der Waals surface area contributed by atoms with Gasteiger partial charge in [0.1, 0.15) is 0 Å². The first-order valence-corrected chi connectivity index (χ1v) is 7.73. The molecule has 19 heavy (non-hydrogen) atoms. The van der Waals surface area contributed by atoms with Crippen molar-refractivity contribution in [3.8, 4) is 0 Å². The Morgan fingerprint density at radius 1 is 1.32 bits per heavy atom. The van der Waals surface area contributed by atoms with E-state index < -0.39 is 0 Å². The number of rotatable bonds is 4. The molecule has 2 N–H and O–H groups in total. The number of amides is 1. The number of hydrogen-bond acceptors (Lipinski definition) is 3. The molecule has 0 aromatic carbocycles. The Labute approximate surface area is 117 Å². The lowest BCUT2D eigenvalue weighted by Gasteiger charge is -2.38. The number of nitrogens with zero attached hydrogens (tertiary/aromatic N) is 1. The minimum Gasteiger partial charge on any atom is -0.356 e. The third-order valence-electron chi connectivity index (χ3n) is 4.84. The van der Waals surface area contributed by atoms with Gasteiger partial charge in [-0.15, -0.1) is 0 Å². The van der Waals surface area contributed by atoms with Crippen molar-refractivity contribution in [1.29, 1.82) is 0 Å². The van der Waals surface area contributed by atoms with E-state index in [2.05, 4.69) is 29.5 Å². The number of carbonyl (C=O) groups is 1. The van der Waals surface area contributed by atoms with Crippen molar-refractivity contribution in [3.63, 3.8) is 0 Å². The number of nitrogens with one attached hydrogen (secondary N) is 2. The van der Waals surface area contributed by atoms with Gasteiger partial charge in [-0.3, -0.25) is 4.79 Å². The Hall–Kier alpha value is -0.610. The maximum absolute atomic E-state index is 12.0. The molecule has 2 aliphatic heterocycles. The smallest absolute Gasteiger partial charge is 0.220 e. The molecule has 2 aliphatic rings. The molecule has 0 aromatic rings. The molecule has 110 valence electrons. The van der Waals surface area contributed by atoms with Crippen molar-refractivity contribution in [2.24, 2.45) is 11.3 Å². The molecule has 2 saturated heterocycles. The molecule has 0 unspecified atom stereocenters. The van der Waals surface area contributed by atoms with Crippen molar-refractivity contribution in [3.05, 3.63) is 0 Å². The molecule has 0 saturated carbocycles. The van der Waals surface area contributed by atoms with Crippen LogP contribution in [0.3, 0.4) is 0 Å². The van der Waals surface area contributed by atoms with Gasteiger partial charge in [-0.25, -0.2) is 0 Å². The van der Waals surface area contributed by atoms with E-state index in [1.54, 1.807) is 0 Å². The molecule has 0 spiro atoms. The largest absolute Gasteiger partial charge is 0.356 e. The summed E-state index contributed by atoms with van der Waals surface area (Å²) in [4.78, 5) is 14.4. The fourth-order valence-corrected chi connectivity index (χ4v) is 3.07. The summed E-state index contributed by atoms with van der Waals surface area (Å²) in [6, 6.07) is 0. The van der Waals surface area contributed by atoms with E-state index in [9.17, 15) is 4.79 Å². The van der Waals surface area contributed by atoms with Crippen LogP contribution in [-0.4, -0.2) is 50.6 Å². The van der Waals surface area contributed by atoms with E-state index in [4.69, 9.17) is 0 Å². The van der Waals surface area contributed by atoms with Crippen LogP contribution in [0, 0.1) is 11.3 Å². The zero-order chi connectivity index (χ0) is 13.7. The zero-order valence-electron chi connectivity index (χ0n) is 12.5. The van der Waals surface area contributed by atoms with Crippen molar-refractivity contribution < 1.29 is 4.79 Å². The summed E-state index contributed by atoms with van der Waals surface area (Å²) in [5, 5.41) is 6.52. The minimum absolute atomic E-state index is 0.257. The van der Waals surface area contributed by atoms with Gasteiger partial charge < -0.3 is 15.5 Å². The van der Waals surface area contributed by atoms with Gasteiger partial charge in [0.2, 0.25) is 5.91 Å². The van der Waals surface area contributed by atoms with Crippen molar-refractivity contribution >= 4 is 5.91 Å². The summed E-state index contributed by atoms with van der Waals surface area (Å²) >= 11 is 0. The Morgan fingerprint density at radius 2 is 1.95 bits per heavy atom. The van der Waals surface area contributed by atoms with Crippen LogP contribution in [0.1, 0.15) is 39.0 Å². The van der Waals surface area contributed by atoms with Crippen molar-refractivity contribution in [2.45, 2.75) is 39.0 Å². The second kappa shape index (κ2) is 6.71. The normalized spacial score (nSPS) is 25.2. The van der Waals surface area contributed by atoms with Gasteiger partial charge in [-0.1, -0.05) is 6.92 Å². The highest BCUT2D eigenvalue weighted by molar-refractivity contribution is 5.76. The average Bonchev–Trinajstić information content (AvgIpc) is 2.42. The van der Waals surface area contributed by atoms with Crippen LogP contribution in [0.5, 0.6) is 0 Å². The Morgan fingerprint density at radius 3 is 2.58 bits per heavy atom. The van der Waals surface area contributed by atoms with Crippen LogP contribution in [0.2, 0.25) is 0 Å². The average molecular weight is 267 g/mol. The molecular formula is C15H29N3O. The van der Waals surface area contributed by atoms with Gasteiger partial charge in [0.15, 0.2) is 0 Å². The van der Waals surface area contributed by atoms with E-state index in [-0.39, 0.29) is 5.91 Å². The summed E-state index contributed by atoms with van der Waals surface area (Å²) in [7, 11) is 2.18. The van der Waals surface area contributed by atoms with Gasteiger partial charge in [-0.2, -0.15) is 0 Å². The first-order chi connectivity index (χ1) is 9.07. The molecule has 2 rings (SSSR count). The van der Waals surface area contributed by atoms with E-state index >= 15 is 0 Å². The van der Waals surface area contributed by atoms with E-state index in [1.165, 1.54) is 12.8 Å². The Bertz CT molecular complexity index is 292. The zero-order valence-corrected chi connectivity index (χ0v) is 12.5. The summed E-state index contributed by atoms with van der Waals surface area (Å²) in [5.74, 6) is 0.846. The molecule has 0 aliphatic carbocycles. The third kappa shape index (κ3) is 4.77. The Balaban J connectivity index is 1.67. The minimum atomic E-state index is 0.257. The molecular weight excluding hydrogens is 238 g/mol. The van der Waals surface area contributed by atoms with E-state index in [0.717, 1.165) is 52.0 Å². The quantitative estimate of drug-likeness (QED) is 0.805. The molecule has 0 aromatic heterocycles. The van der Waals surface area contributed by atoms with Crippen LogP contribution in [0.4, 0.5) is 0 Å². The van der Waals surface area contributed by atoms with Crippen LogP contribution in [-0.2, 0) is 4.79 Å². The highest BCUT2D eigenvalue weighted by Crippen LogP contribution is 2.29. The summed E-state index contributed by atoms with van der Waals surface area (Å²) in [5.41, 5.74) is 0.302. The maximum Gasteiger partial charge on any atom is 0.220 e. The number of hydrogen-bond donors (Lipinski definition) is 2. The summed E-state index contributed by atoms with van der Waals surface area (Å²) < 4.78 is 0. The Kier molecular flexibility index (Phi) is 5.22. The van der Waals surface area contributed by atoms with Crippen LogP contribution in [0.25, 0.3) is 0 Å². The number of likely N-dealkylation sites (tertiary alicyclic amines) is 1. The topological polar surface area (TPSA) is 44.4 Å². The van der Waals surface area contributed by atoms with Crippen molar-refractivity contribution in [1.82, 2.24) is 15.5 Å². The van der Waals surface area contributed by atoms with Crippen molar-refractivity contribution in [2.75, 3.05) is 39.8 Å². The van der Waals surface area contributed by atoms with Crippen LogP contribution >= 0.6 is 0 Å². The highest BCUT2D eigenvalue weighted by Gasteiger charge is 2.29. The van der Waals surface area contributed by atoms with Crippen LogP contribution in [0.15, 0.2) is 0 Å². The monoisotopic (exact) mass is 267 g/mol. The molecule has 1 amide bonds. The summed E-state index contributed by atoms with van der Waals surface area (Å²) in [6.07, 6.45) is 5.40. The fraction of sp³-hybridized carbons (Fsp3) is 0.933. The highest BCUT2D eigenvalue weighted by atomic mass is 16.1. The maximum atomic E-state index is 12.0. The lowest BCUT2D eigenvalue weighted by Crippen LogP contribution is -2.44. The SMILES string of the molecule is CN1CCC(C)(CNC(=O)CC2CCNCC2)CC1. The van der Waals surface area contributed by atoms with E-state index in [1.807, 2.05) is 0 Å². The van der Waals surface area contributed by atoms with Gasteiger partial charge in [0.05, 0.1) is 0 Å². The molecule has 4 heteroatoms. The number of carbonyl (C=O) groups excluding carboxylic acids is 1. The first-order valence-electron chi connectivity index (χ1n) is 7.73. The number of piperidine rings is 2. The molecule has 0 bridgehead atoms. The fourth-order valence-electron chi connectivity index (χ4n) is 3.07. The standard InChI is InChI=1S/C15H29N3O/c1-15(5-9-18(2)10-6-15)12-17-14(19)11-13-3-7-16-8-4-13/h13,16H,3-12H2,1-2H3,(H,17,19). The molecule has 2 heterocycles. The van der Waals surface area contributed by atoms with Gasteiger partial charge in [-0.05, 0) is 70.2 Å². The molecule has 0 radical (unpaired) electrons. The third-order valence-corrected chi connectivity index (χ3v) is 4.84. The molecule has 4 nitrogen and oxygen atoms in total.